The lowest BCUT2D eigenvalue weighted by atomic mass is 9.97. The Morgan fingerprint density at radius 3 is 1.69 bits per heavy atom. The van der Waals surface area contributed by atoms with Gasteiger partial charge in [-0.05, 0) is 19.1 Å². The standard InChI is InChI=1S/C17H12F10O7S/c1-3-33-12(28)9-6-4-8(5-7-9)11(34-35(30,31)17(25,26)27)10(13(29)32-2)14(18,19)15(20,21)16(22,23)24/h4-7H,3H2,1-2H3/b11-10+. The zero-order valence-electron chi connectivity index (χ0n) is 17.1. The van der Waals surface area contributed by atoms with Gasteiger partial charge in [-0.15, -0.1) is 0 Å². The van der Waals surface area contributed by atoms with E-state index in [1.807, 2.05) is 0 Å². The van der Waals surface area contributed by atoms with Gasteiger partial charge in [0.05, 0.1) is 19.3 Å². The molecular weight excluding hydrogens is 538 g/mol. The fourth-order valence-electron chi connectivity index (χ4n) is 2.16. The van der Waals surface area contributed by atoms with E-state index in [0.717, 1.165) is 0 Å². The van der Waals surface area contributed by atoms with E-state index in [9.17, 15) is 61.9 Å². The zero-order chi connectivity index (χ0) is 27.6. The largest absolute Gasteiger partial charge is 0.534 e. The Balaban J connectivity index is 4.08. The summed E-state index contributed by atoms with van der Waals surface area (Å²) >= 11 is 0. The number of hydrogen-bond acceptors (Lipinski definition) is 7. The van der Waals surface area contributed by atoms with Crippen LogP contribution >= 0.6 is 0 Å². The third-order valence-electron chi connectivity index (χ3n) is 3.82. The van der Waals surface area contributed by atoms with Crippen molar-refractivity contribution in [3.05, 3.63) is 41.0 Å². The first-order valence-electron chi connectivity index (χ1n) is 8.59. The minimum atomic E-state index is -7.13. The Morgan fingerprint density at radius 2 is 1.31 bits per heavy atom. The van der Waals surface area contributed by atoms with E-state index in [2.05, 4.69) is 13.7 Å². The molecule has 1 aromatic rings. The molecule has 198 valence electrons. The molecule has 7 nitrogen and oxygen atoms in total. The summed E-state index contributed by atoms with van der Waals surface area (Å²) in [6.45, 7) is 1.17. The van der Waals surface area contributed by atoms with E-state index < -0.39 is 68.0 Å². The first kappa shape index (κ1) is 30.0. The quantitative estimate of drug-likeness (QED) is 0.118. The van der Waals surface area contributed by atoms with Crippen molar-refractivity contribution >= 4 is 27.8 Å². The fraction of sp³-hybridized carbons (Fsp3) is 0.412. The lowest BCUT2D eigenvalue weighted by Gasteiger charge is -2.30. The number of ether oxygens (including phenoxy) is 2. The summed E-state index contributed by atoms with van der Waals surface area (Å²) in [5, 5.41) is 0. The van der Waals surface area contributed by atoms with Crippen molar-refractivity contribution in [1.29, 1.82) is 0 Å². The van der Waals surface area contributed by atoms with Crippen LogP contribution in [-0.2, 0) is 28.6 Å². The van der Waals surface area contributed by atoms with Crippen molar-refractivity contribution in [2.75, 3.05) is 13.7 Å². The van der Waals surface area contributed by atoms with Crippen LogP contribution in [0.4, 0.5) is 43.9 Å². The number of hydrogen-bond donors (Lipinski definition) is 0. The lowest BCUT2D eigenvalue weighted by molar-refractivity contribution is -0.344. The minimum Gasteiger partial charge on any atom is -0.465 e. The Bertz CT molecular complexity index is 1090. The summed E-state index contributed by atoms with van der Waals surface area (Å²) in [6, 6.07) is 1.79. The highest BCUT2D eigenvalue weighted by Crippen LogP contribution is 2.52. The molecule has 0 aromatic heterocycles. The Kier molecular flexibility index (Phi) is 8.48. The highest BCUT2D eigenvalue weighted by atomic mass is 32.2. The van der Waals surface area contributed by atoms with Crippen LogP contribution in [0.1, 0.15) is 22.8 Å². The van der Waals surface area contributed by atoms with Crippen LogP contribution < -0.4 is 0 Å². The molecule has 1 aromatic carbocycles. The molecule has 0 bridgehead atoms. The van der Waals surface area contributed by atoms with Crippen molar-refractivity contribution in [2.24, 2.45) is 0 Å². The molecule has 0 amide bonds. The number of esters is 2. The summed E-state index contributed by atoms with van der Waals surface area (Å²) in [4.78, 5) is 23.5. The van der Waals surface area contributed by atoms with E-state index in [4.69, 9.17) is 0 Å². The molecule has 0 aliphatic carbocycles. The van der Waals surface area contributed by atoms with Gasteiger partial charge in [0.25, 0.3) is 0 Å². The fourth-order valence-corrected chi connectivity index (χ4v) is 2.66. The van der Waals surface area contributed by atoms with Crippen LogP contribution in [-0.4, -0.2) is 57.6 Å². The predicted octanol–water partition coefficient (Wildman–Crippen LogP) is 4.45. The van der Waals surface area contributed by atoms with E-state index >= 15 is 0 Å². The van der Waals surface area contributed by atoms with Gasteiger partial charge in [0.15, 0.2) is 11.3 Å². The first-order chi connectivity index (χ1) is 15.7. The maximum Gasteiger partial charge on any atom is 0.534 e. The first-order valence-corrected chi connectivity index (χ1v) is 10.00. The second kappa shape index (κ2) is 9.90. The van der Waals surface area contributed by atoms with Gasteiger partial charge in [-0.25, -0.2) is 9.59 Å². The van der Waals surface area contributed by atoms with Gasteiger partial charge in [-0.1, -0.05) is 12.1 Å². The number of alkyl halides is 10. The molecule has 0 N–H and O–H groups in total. The molecule has 0 unspecified atom stereocenters. The topological polar surface area (TPSA) is 96.0 Å². The van der Waals surface area contributed by atoms with Gasteiger partial charge in [-0.2, -0.15) is 52.3 Å². The molecule has 35 heavy (non-hydrogen) atoms. The summed E-state index contributed by atoms with van der Waals surface area (Å²) in [6.07, 6.45) is -7.09. The van der Waals surface area contributed by atoms with Gasteiger partial charge < -0.3 is 13.7 Å². The lowest BCUT2D eigenvalue weighted by Crippen LogP contribution is -2.54. The van der Waals surface area contributed by atoms with E-state index in [1.165, 1.54) is 6.92 Å². The number of carbonyl (C=O) groups excluding carboxylic acids is 2. The van der Waals surface area contributed by atoms with E-state index in [0.29, 0.717) is 24.3 Å². The monoisotopic (exact) mass is 550 g/mol. The molecule has 0 heterocycles. The van der Waals surface area contributed by atoms with Gasteiger partial charge in [0, 0.05) is 5.56 Å². The number of carbonyl (C=O) groups is 2. The number of halogens is 10. The summed E-state index contributed by atoms with van der Waals surface area (Å²) in [5.74, 6) is -20.3. The van der Waals surface area contributed by atoms with E-state index in [-0.39, 0.29) is 13.7 Å². The second-order valence-electron chi connectivity index (χ2n) is 6.12. The minimum absolute atomic E-state index is 0.171. The van der Waals surface area contributed by atoms with Crippen LogP contribution in [0.5, 0.6) is 0 Å². The summed E-state index contributed by atoms with van der Waals surface area (Å²) in [5.41, 5.74) is -11.4. The highest BCUT2D eigenvalue weighted by Gasteiger charge is 2.76. The Morgan fingerprint density at radius 1 is 0.857 bits per heavy atom. The molecule has 1 rings (SSSR count). The van der Waals surface area contributed by atoms with Gasteiger partial charge >= 0.3 is 45.6 Å². The van der Waals surface area contributed by atoms with Crippen molar-refractivity contribution in [3.8, 4) is 0 Å². The summed E-state index contributed by atoms with van der Waals surface area (Å²) in [7, 11) is -6.85. The van der Waals surface area contributed by atoms with Crippen molar-refractivity contribution < 1.29 is 75.6 Å². The van der Waals surface area contributed by atoms with Crippen LogP contribution in [0.3, 0.4) is 0 Å². The molecule has 0 aliphatic rings. The SMILES string of the molecule is CCOC(=O)c1ccc(/C(OS(=O)(=O)C(F)(F)F)=C(/C(=O)OC)C(F)(F)C(F)(F)C(F)(F)F)cc1. The molecule has 0 atom stereocenters. The van der Waals surface area contributed by atoms with Crippen LogP contribution in [0, 0.1) is 0 Å². The average molecular weight is 550 g/mol. The molecule has 0 saturated heterocycles. The van der Waals surface area contributed by atoms with Gasteiger partial charge in [-0.3, -0.25) is 0 Å². The smallest absolute Gasteiger partial charge is 0.465 e. The molecule has 0 saturated carbocycles. The summed E-state index contributed by atoms with van der Waals surface area (Å²) < 4.78 is 167. The molecule has 0 fully saturated rings. The van der Waals surface area contributed by atoms with Crippen molar-refractivity contribution in [3.63, 3.8) is 0 Å². The number of methoxy groups -OCH3 is 1. The number of rotatable bonds is 8. The Hall–Kier alpha value is -3.05. The maximum absolute atomic E-state index is 14.5. The second-order valence-corrected chi connectivity index (χ2v) is 7.66. The molecular formula is C17H12F10O7S. The predicted molar refractivity (Wildman–Crippen MR) is 93.3 cm³/mol. The van der Waals surface area contributed by atoms with Gasteiger partial charge in [0.1, 0.15) is 0 Å². The van der Waals surface area contributed by atoms with Crippen LogP contribution in [0.2, 0.25) is 0 Å². The zero-order valence-corrected chi connectivity index (χ0v) is 17.9. The maximum atomic E-state index is 14.5. The van der Waals surface area contributed by atoms with Crippen LogP contribution in [0.25, 0.3) is 5.76 Å². The molecule has 0 radical (unpaired) electrons. The molecule has 18 heteroatoms. The molecule has 0 spiro atoms. The highest BCUT2D eigenvalue weighted by molar-refractivity contribution is 7.87. The third-order valence-corrected chi connectivity index (χ3v) is 4.77. The number of benzene rings is 1. The Labute approximate surface area is 189 Å². The van der Waals surface area contributed by atoms with E-state index in [1.54, 1.807) is 0 Å². The normalized spacial score (nSPS) is 14.2. The van der Waals surface area contributed by atoms with Gasteiger partial charge in [0.2, 0.25) is 0 Å². The van der Waals surface area contributed by atoms with Crippen LogP contribution in [0.15, 0.2) is 29.8 Å². The molecule has 0 aliphatic heterocycles. The van der Waals surface area contributed by atoms with Crippen molar-refractivity contribution in [2.45, 2.75) is 30.5 Å². The third kappa shape index (κ3) is 5.96. The van der Waals surface area contributed by atoms with Crippen molar-refractivity contribution in [1.82, 2.24) is 0 Å². The average Bonchev–Trinajstić information content (AvgIpc) is 2.71.